The molecule has 10 nitrogen and oxygen atoms in total. The van der Waals surface area contributed by atoms with Gasteiger partial charge in [0.2, 0.25) is 5.82 Å². The van der Waals surface area contributed by atoms with Crippen LogP contribution in [-0.2, 0) is 19.7 Å². The standard InChI is InChI=1S/C29H32N6O4/c1-5-15-34-27-24(28(36)35(16-6-2)29(34)37)31-25(32-27)20-11-13-22(14-12-20)38-17-23-30-26(33-39-23)21-9-7-19(8-10-21)18(3)4/h7-14,18H,5-6,15-17H2,1-4H3,(H,31,32). The molecule has 0 atom stereocenters. The first kappa shape index (κ1) is 26.1. The number of fused-ring (bicyclic) bond motifs is 1. The van der Waals surface area contributed by atoms with Crippen molar-refractivity contribution in [2.45, 2.75) is 66.2 Å². The maximum absolute atomic E-state index is 13.0. The summed E-state index contributed by atoms with van der Waals surface area (Å²) < 4.78 is 14.1. The van der Waals surface area contributed by atoms with Gasteiger partial charge < -0.3 is 14.2 Å². The van der Waals surface area contributed by atoms with Crippen LogP contribution in [-0.4, -0.2) is 29.2 Å². The Balaban J connectivity index is 1.32. The molecule has 39 heavy (non-hydrogen) atoms. The molecule has 0 saturated carbocycles. The number of hydrogen-bond donors (Lipinski definition) is 1. The van der Waals surface area contributed by atoms with Crippen LogP contribution >= 0.6 is 0 Å². The minimum Gasteiger partial charge on any atom is -0.484 e. The maximum Gasteiger partial charge on any atom is 0.332 e. The number of benzene rings is 2. The molecule has 202 valence electrons. The lowest BCUT2D eigenvalue weighted by Gasteiger charge is -2.09. The van der Waals surface area contributed by atoms with Gasteiger partial charge in [0, 0.05) is 24.2 Å². The normalized spacial score (nSPS) is 11.5. The number of aromatic nitrogens is 6. The molecule has 0 spiro atoms. The monoisotopic (exact) mass is 528 g/mol. The maximum atomic E-state index is 13.0. The Morgan fingerprint density at radius 1 is 0.897 bits per heavy atom. The summed E-state index contributed by atoms with van der Waals surface area (Å²) in [6.45, 7) is 9.20. The zero-order valence-electron chi connectivity index (χ0n) is 22.6. The second-order valence-corrected chi connectivity index (χ2v) is 9.78. The number of H-pyrrole nitrogens is 1. The number of nitrogens with zero attached hydrogens (tertiary/aromatic N) is 5. The van der Waals surface area contributed by atoms with Crippen molar-refractivity contribution >= 4 is 11.2 Å². The van der Waals surface area contributed by atoms with Crippen LogP contribution in [0, 0.1) is 0 Å². The summed E-state index contributed by atoms with van der Waals surface area (Å²) in [5, 5.41) is 4.07. The molecule has 10 heteroatoms. The van der Waals surface area contributed by atoms with E-state index in [1.165, 1.54) is 10.1 Å². The Bertz CT molecular complexity index is 1690. The average molecular weight is 529 g/mol. The van der Waals surface area contributed by atoms with Crippen LogP contribution in [0.4, 0.5) is 0 Å². The first-order chi connectivity index (χ1) is 18.9. The van der Waals surface area contributed by atoms with Crippen molar-refractivity contribution in [3.8, 4) is 28.5 Å². The van der Waals surface area contributed by atoms with E-state index in [1.807, 2.05) is 38.1 Å². The van der Waals surface area contributed by atoms with Gasteiger partial charge in [-0.25, -0.2) is 9.78 Å². The predicted molar refractivity (Wildman–Crippen MR) is 149 cm³/mol. The number of ether oxygens (including phenoxy) is 1. The van der Waals surface area contributed by atoms with Gasteiger partial charge in [-0.15, -0.1) is 0 Å². The lowest BCUT2D eigenvalue weighted by Crippen LogP contribution is -2.40. The van der Waals surface area contributed by atoms with Crippen molar-refractivity contribution in [2.75, 3.05) is 0 Å². The van der Waals surface area contributed by atoms with Gasteiger partial charge in [-0.2, -0.15) is 4.98 Å². The predicted octanol–water partition coefficient (Wildman–Crippen LogP) is 5.13. The van der Waals surface area contributed by atoms with E-state index < -0.39 is 0 Å². The third kappa shape index (κ3) is 5.27. The number of nitrogens with one attached hydrogen (secondary N) is 1. The molecule has 0 amide bonds. The van der Waals surface area contributed by atoms with Gasteiger partial charge in [-0.1, -0.05) is 57.1 Å². The summed E-state index contributed by atoms with van der Waals surface area (Å²) in [6.07, 6.45) is 1.44. The van der Waals surface area contributed by atoms with Crippen LogP contribution in [0.25, 0.3) is 33.9 Å². The molecular formula is C29H32N6O4. The smallest absolute Gasteiger partial charge is 0.332 e. The highest BCUT2D eigenvalue weighted by atomic mass is 16.5. The summed E-state index contributed by atoms with van der Waals surface area (Å²) in [7, 11) is 0. The van der Waals surface area contributed by atoms with E-state index in [9.17, 15) is 9.59 Å². The van der Waals surface area contributed by atoms with Crippen molar-refractivity contribution < 1.29 is 9.26 Å². The van der Waals surface area contributed by atoms with E-state index in [-0.39, 0.29) is 17.9 Å². The Morgan fingerprint density at radius 2 is 1.56 bits per heavy atom. The van der Waals surface area contributed by atoms with Gasteiger partial charge in [0.25, 0.3) is 11.4 Å². The molecule has 3 aromatic heterocycles. The summed E-state index contributed by atoms with van der Waals surface area (Å²) in [5.74, 6) is 2.47. The van der Waals surface area contributed by atoms with Crippen LogP contribution in [0.1, 0.15) is 57.9 Å². The van der Waals surface area contributed by atoms with Crippen molar-refractivity contribution in [1.82, 2.24) is 29.2 Å². The molecule has 0 saturated heterocycles. The molecule has 0 aliphatic carbocycles. The van der Waals surface area contributed by atoms with Crippen LogP contribution in [0.2, 0.25) is 0 Å². The SMILES string of the molecule is CCCn1c(=O)c2[nH]c(-c3ccc(OCc4nc(-c5ccc(C(C)C)cc5)no4)cc3)nc2n(CCC)c1=O. The summed E-state index contributed by atoms with van der Waals surface area (Å²) in [5.41, 5.74) is 2.93. The van der Waals surface area contributed by atoms with Crippen molar-refractivity contribution in [1.29, 1.82) is 0 Å². The van der Waals surface area contributed by atoms with Gasteiger partial charge in [-0.05, 0) is 48.6 Å². The van der Waals surface area contributed by atoms with E-state index in [0.717, 1.165) is 17.5 Å². The molecule has 0 bridgehead atoms. The van der Waals surface area contributed by atoms with Gasteiger partial charge in [0.1, 0.15) is 17.1 Å². The molecule has 0 aliphatic heterocycles. The van der Waals surface area contributed by atoms with E-state index in [1.54, 1.807) is 16.7 Å². The highest BCUT2D eigenvalue weighted by Crippen LogP contribution is 2.24. The fraction of sp³-hybridized carbons (Fsp3) is 0.345. The highest BCUT2D eigenvalue weighted by molar-refractivity contribution is 5.75. The largest absolute Gasteiger partial charge is 0.484 e. The van der Waals surface area contributed by atoms with Crippen LogP contribution in [0.3, 0.4) is 0 Å². The lowest BCUT2D eigenvalue weighted by molar-refractivity contribution is 0.243. The third-order valence-corrected chi connectivity index (χ3v) is 6.55. The van der Waals surface area contributed by atoms with E-state index in [0.29, 0.717) is 59.9 Å². The number of hydrogen-bond acceptors (Lipinski definition) is 7. The zero-order valence-corrected chi connectivity index (χ0v) is 22.6. The molecule has 5 aromatic rings. The van der Waals surface area contributed by atoms with E-state index in [4.69, 9.17) is 9.26 Å². The highest BCUT2D eigenvalue weighted by Gasteiger charge is 2.17. The lowest BCUT2D eigenvalue weighted by atomic mass is 10.0. The number of aryl methyl sites for hydroxylation is 1. The molecule has 0 unspecified atom stereocenters. The molecule has 1 N–H and O–H groups in total. The van der Waals surface area contributed by atoms with Crippen molar-refractivity contribution in [3.05, 3.63) is 80.8 Å². The van der Waals surface area contributed by atoms with Gasteiger partial charge in [0.05, 0.1) is 0 Å². The Labute approximate surface area is 225 Å². The quantitative estimate of drug-likeness (QED) is 0.267. The topological polar surface area (TPSA) is 121 Å². The van der Waals surface area contributed by atoms with Crippen molar-refractivity contribution in [2.24, 2.45) is 0 Å². The number of rotatable bonds is 10. The fourth-order valence-corrected chi connectivity index (χ4v) is 4.45. The second kappa shape index (κ2) is 11.1. The molecular weight excluding hydrogens is 496 g/mol. The summed E-state index contributed by atoms with van der Waals surface area (Å²) in [4.78, 5) is 38.1. The average Bonchev–Trinajstić information content (AvgIpc) is 3.61. The third-order valence-electron chi connectivity index (χ3n) is 6.55. The van der Waals surface area contributed by atoms with Crippen LogP contribution < -0.4 is 16.0 Å². The second-order valence-electron chi connectivity index (χ2n) is 9.78. The Kier molecular flexibility index (Phi) is 7.44. The fourth-order valence-electron chi connectivity index (χ4n) is 4.45. The number of imidazole rings is 1. The first-order valence-corrected chi connectivity index (χ1v) is 13.3. The Hall–Kier alpha value is -4.47. The minimum absolute atomic E-state index is 0.126. The molecule has 2 aromatic carbocycles. The van der Waals surface area contributed by atoms with Crippen LogP contribution in [0.5, 0.6) is 5.75 Å². The molecule has 0 fully saturated rings. The molecule has 5 rings (SSSR count). The van der Waals surface area contributed by atoms with Gasteiger partial charge in [-0.3, -0.25) is 13.9 Å². The minimum atomic E-state index is -0.349. The first-order valence-electron chi connectivity index (χ1n) is 13.3. The molecule has 3 heterocycles. The van der Waals surface area contributed by atoms with E-state index >= 15 is 0 Å². The van der Waals surface area contributed by atoms with Crippen molar-refractivity contribution in [3.63, 3.8) is 0 Å². The van der Waals surface area contributed by atoms with Crippen LogP contribution in [0.15, 0.2) is 62.6 Å². The van der Waals surface area contributed by atoms with Gasteiger partial charge in [0.15, 0.2) is 12.3 Å². The Morgan fingerprint density at radius 3 is 2.23 bits per heavy atom. The zero-order chi connectivity index (χ0) is 27.5. The summed E-state index contributed by atoms with van der Waals surface area (Å²) in [6, 6.07) is 15.4. The molecule has 0 radical (unpaired) electrons. The summed E-state index contributed by atoms with van der Waals surface area (Å²) >= 11 is 0. The van der Waals surface area contributed by atoms with E-state index in [2.05, 4.69) is 46.1 Å². The molecule has 0 aliphatic rings. The number of aromatic amines is 1. The van der Waals surface area contributed by atoms with Gasteiger partial charge >= 0.3 is 5.69 Å².